The normalized spacial score (nSPS) is 21.8. The van der Waals surface area contributed by atoms with Crippen LogP contribution in [0.15, 0.2) is 66.2 Å². The van der Waals surface area contributed by atoms with E-state index in [4.69, 9.17) is 0 Å². The fourth-order valence-electron chi connectivity index (χ4n) is 6.47. The highest BCUT2D eigenvalue weighted by atomic mass is 32.1. The molecule has 2 aliphatic heterocycles. The Labute approximate surface area is 237 Å². The van der Waals surface area contributed by atoms with Crippen molar-refractivity contribution in [1.82, 2.24) is 20.1 Å². The molecule has 3 aromatic rings. The van der Waals surface area contributed by atoms with Crippen LogP contribution in [0.5, 0.6) is 0 Å². The van der Waals surface area contributed by atoms with E-state index in [1.54, 1.807) is 51.6 Å². The number of nitrogens with one attached hydrogen (secondary N) is 1. The molecule has 0 radical (unpaired) electrons. The molecule has 9 heteroatoms. The molecule has 2 atom stereocenters. The van der Waals surface area contributed by atoms with Crippen molar-refractivity contribution in [2.24, 2.45) is 0 Å². The summed E-state index contributed by atoms with van der Waals surface area (Å²) in [6.07, 6.45) is 6.04. The van der Waals surface area contributed by atoms with Gasteiger partial charge in [0.25, 0.3) is 5.91 Å². The van der Waals surface area contributed by atoms with Crippen LogP contribution in [0.1, 0.15) is 54.6 Å². The number of pyridine rings is 1. The van der Waals surface area contributed by atoms with Crippen LogP contribution in [0.25, 0.3) is 10.4 Å². The lowest BCUT2D eigenvalue weighted by atomic mass is 9.80. The molecule has 4 heterocycles. The van der Waals surface area contributed by atoms with Gasteiger partial charge in [0, 0.05) is 28.9 Å². The molecule has 1 N–H and O–H groups in total. The zero-order valence-corrected chi connectivity index (χ0v) is 23.1. The van der Waals surface area contributed by atoms with Crippen LogP contribution in [-0.2, 0) is 20.8 Å². The second kappa shape index (κ2) is 11.0. The lowest BCUT2D eigenvalue weighted by molar-refractivity contribution is -0.143. The molecule has 3 aliphatic rings. The molecule has 3 fully saturated rings. The SMILES string of the molecule is O=C(NC1(C(=O)N2CCC3C2C(=O)CN3C(=O)Cc2ccccn2)CCCCC1)c1ccc(-c2cccs2)cc1. The van der Waals surface area contributed by atoms with Gasteiger partial charge in [-0.05, 0) is 60.5 Å². The zero-order valence-electron chi connectivity index (χ0n) is 22.3. The average Bonchev–Trinajstić information content (AvgIpc) is 3.73. The molecular formula is C31H32N4O4S. The van der Waals surface area contributed by atoms with E-state index in [0.717, 1.165) is 29.7 Å². The molecule has 1 saturated carbocycles. The summed E-state index contributed by atoms with van der Waals surface area (Å²) in [6, 6.07) is 15.9. The number of nitrogens with zero attached hydrogens (tertiary/aromatic N) is 3. The van der Waals surface area contributed by atoms with Crippen molar-refractivity contribution in [2.75, 3.05) is 13.1 Å². The van der Waals surface area contributed by atoms with Crippen molar-refractivity contribution >= 4 is 34.8 Å². The Hall–Kier alpha value is -3.85. The number of hydrogen-bond acceptors (Lipinski definition) is 6. The summed E-state index contributed by atoms with van der Waals surface area (Å²) >= 11 is 1.64. The molecule has 2 aromatic heterocycles. The number of aromatic nitrogens is 1. The standard InChI is InChI=1S/C31H32N4O4S/c36-25-20-35(27(37)19-23-7-2-5-16-32-23)24-13-17-34(28(24)25)30(39)31(14-3-1-4-15-31)33-29(38)22-11-9-21(10-12-22)26-8-6-18-40-26/h2,5-12,16,18,24,28H,1,3-4,13-15,17,19-20H2,(H,33,38). The topological polar surface area (TPSA) is 99.7 Å². The van der Waals surface area contributed by atoms with Gasteiger partial charge in [-0.2, -0.15) is 0 Å². The number of likely N-dealkylation sites (tertiary alicyclic amines) is 2. The number of Topliss-reactive ketones (excluding diaryl/α,β-unsaturated/α-hetero) is 1. The van der Waals surface area contributed by atoms with Gasteiger partial charge in [-0.25, -0.2) is 0 Å². The number of amides is 3. The molecule has 1 aromatic carbocycles. The summed E-state index contributed by atoms with van der Waals surface area (Å²) in [6.45, 7) is 0.390. The fourth-order valence-corrected chi connectivity index (χ4v) is 7.20. The predicted octanol–water partition coefficient (Wildman–Crippen LogP) is 3.87. The quantitative estimate of drug-likeness (QED) is 0.497. The summed E-state index contributed by atoms with van der Waals surface area (Å²) in [5.41, 5.74) is 1.14. The van der Waals surface area contributed by atoms with Gasteiger partial charge in [0.05, 0.1) is 19.0 Å². The first kappa shape index (κ1) is 26.4. The molecule has 40 heavy (non-hydrogen) atoms. The third kappa shape index (κ3) is 4.94. The van der Waals surface area contributed by atoms with Gasteiger partial charge < -0.3 is 15.1 Å². The Bertz CT molecular complexity index is 1400. The lowest BCUT2D eigenvalue weighted by Crippen LogP contribution is -2.62. The van der Waals surface area contributed by atoms with Gasteiger partial charge in [0.1, 0.15) is 11.6 Å². The van der Waals surface area contributed by atoms with E-state index in [2.05, 4.69) is 10.3 Å². The fraction of sp³-hybridized carbons (Fsp3) is 0.387. The molecule has 1 aliphatic carbocycles. The summed E-state index contributed by atoms with van der Waals surface area (Å²) in [5, 5.41) is 5.13. The Morgan fingerprint density at radius 1 is 0.975 bits per heavy atom. The summed E-state index contributed by atoms with van der Waals surface area (Å²) in [7, 11) is 0. The van der Waals surface area contributed by atoms with E-state index in [9.17, 15) is 19.2 Å². The van der Waals surface area contributed by atoms with Gasteiger partial charge in [0.2, 0.25) is 11.8 Å². The summed E-state index contributed by atoms with van der Waals surface area (Å²) in [4.78, 5) is 62.6. The Morgan fingerprint density at radius 3 is 2.48 bits per heavy atom. The molecule has 0 spiro atoms. The molecular weight excluding hydrogens is 524 g/mol. The van der Waals surface area contributed by atoms with Gasteiger partial charge in [-0.1, -0.05) is 43.5 Å². The molecule has 3 amide bonds. The molecule has 8 nitrogen and oxygen atoms in total. The Balaban J connectivity index is 1.18. The number of ketones is 1. The van der Waals surface area contributed by atoms with Crippen molar-refractivity contribution in [1.29, 1.82) is 0 Å². The highest BCUT2D eigenvalue weighted by molar-refractivity contribution is 7.13. The highest BCUT2D eigenvalue weighted by Crippen LogP contribution is 2.36. The maximum Gasteiger partial charge on any atom is 0.252 e. The van der Waals surface area contributed by atoms with Crippen LogP contribution in [0.4, 0.5) is 0 Å². The number of carbonyl (C=O) groups excluding carboxylic acids is 4. The summed E-state index contributed by atoms with van der Waals surface area (Å²) in [5.74, 6) is -0.753. The minimum atomic E-state index is -1.05. The number of rotatable bonds is 6. The molecule has 2 saturated heterocycles. The van der Waals surface area contributed by atoms with Crippen molar-refractivity contribution in [3.05, 3.63) is 77.4 Å². The third-order valence-corrected chi connectivity index (χ3v) is 9.40. The van der Waals surface area contributed by atoms with E-state index in [1.807, 2.05) is 35.7 Å². The number of hydrogen-bond donors (Lipinski definition) is 1. The first-order valence-electron chi connectivity index (χ1n) is 13.9. The average molecular weight is 557 g/mol. The van der Waals surface area contributed by atoms with Gasteiger partial charge in [-0.15, -0.1) is 11.3 Å². The minimum absolute atomic E-state index is 0.000722. The number of carbonyl (C=O) groups is 4. The van der Waals surface area contributed by atoms with E-state index < -0.39 is 11.6 Å². The Kier molecular flexibility index (Phi) is 7.23. The highest BCUT2D eigenvalue weighted by Gasteiger charge is 2.55. The van der Waals surface area contributed by atoms with Crippen molar-refractivity contribution in [2.45, 2.75) is 62.6 Å². The van der Waals surface area contributed by atoms with E-state index in [0.29, 0.717) is 37.1 Å². The maximum absolute atomic E-state index is 14.2. The second-order valence-electron chi connectivity index (χ2n) is 10.9. The monoisotopic (exact) mass is 556 g/mol. The predicted molar refractivity (Wildman–Crippen MR) is 152 cm³/mol. The number of benzene rings is 1. The molecule has 0 bridgehead atoms. The van der Waals surface area contributed by atoms with Gasteiger partial charge in [-0.3, -0.25) is 24.2 Å². The van der Waals surface area contributed by atoms with Gasteiger partial charge in [0.15, 0.2) is 5.78 Å². The molecule has 6 rings (SSSR count). The van der Waals surface area contributed by atoms with Crippen molar-refractivity contribution < 1.29 is 19.2 Å². The largest absolute Gasteiger partial charge is 0.338 e. The smallest absolute Gasteiger partial charge is 0.252 e. The third-order valence-electron chi connectivity index (χ3n) is 8.48. The van der Waals surface area contributed by atoms with Crippen LogP contribution < -0.4 is 5.32 Å². The van der Waals surface area contributed by atoms with Crippen LogP contribution in [0, 0.1) is 0 Å². The first-order chi connectivity index (χ1) is 19.4. The van der Waals surface area contributed by atoms with Crippen molar-refractivity contribution in [3.8, 4) is 10.4 Å². The van der Waals surface area contributed by atoms with Crippen molar-refractivity contribution in [3.63, 3.8) is 0 Å². The molecule has 2 unspecified atom stereocenters. The number of fused-ring (bicyclic) bond motifs is 1. The van der Waals surface area contributed by atoms with Crippen LogP contribution in [-0.4, -0.2) is 69.0 Å². The Morgan fingerprint density at radius 2 is 1.77 bits per heavy atom. The maximum atomic E-state index is 14.2. The van der Waals surface area contributed by atoms with Crippen LogP contribution in [0.3, 0.4) is 0 Å². The van der Waals surface area contributed by atoms with Gasteiger partial charge >= 0.3 is 0 Å². The minimum Gasteiger partial charge on any atom is -0.338 e. The zero-order chi connectivity index (χ0) is 27.7. The van der Waals surface area contributed by atoms with E-state index in [1.165, 1.54) is 0 Å². The molecule has 206 valence electrons. The first-order valence-corrected chi connectivity index (χ1v) is 14.8. The van der Waals surface area contributed by atoms with Crippen LogP contribution >= 0.6 is 11.3 Å². The van der Waals surface area contributed by atoms with E-state index in [-0.39, 0.29) is 42.5 Å². The lowest BCUT2D eigenvalue weighted by Gasteiger charge is -2.40. The summed E-state index contributed by atoms with van der Waals surface area (Å²) < 4.78 is 0. The second-order valence-corrected chi connectivity index (χ2v) is 11.9. The van der Waals surface area contributed by atoms with Crippen LogP contribution in [0.2, 0.25) is 0 Å². The van der Waals surface area contributed by atoms with E-state index >= 15 is 0 Å². The number of thiophene rings is 1.